The van der Waals surface area contributed by atoms with E-state index in [1.165, 1.54) is 18.2 Å². The Labute approximate surface area is 136 Å². The molecule has 0 aliphatic rings. The summed E-state index contributed by atoms with van der Waals surface area (Å²) in [5, 5.41) is 1.60. The van der Waals surface area contributed by atoms with Crippen LogP contribution in [0.2, 0.25) is 0 Å². The Bertz CT molecular complexity index is 1020. The predicted octanol–water partition coefficient (Wildman–Crippen LogP) is 3.62. The van der Waals surface area contributed by atoms with E-state index in [0.717, 1.165) is 12.3 Å². The summed E-state index contributed by atoms with van der Waals surface area (Å²) in [5.74, 6) is 0. The van der Waals surface area contributed by atoms with Crippen molar-refractivity contribution in [2.75, 3.05) is 0 Å². The van der Waals surface area contributed by atoms with Gasteiger partial charge in [0.25, 0.3) is 0 Å². The van der Waals surface area contributed by atoms with Gasteiger partial charge >= 0.3 is 6.18 Å². The maximum absolute atomic E-state index is 12.6. The number of fused-ring (bicyclic) bond motifs is 2. The summed E-state index contributed by atoms with van der Waals surface area (Å²) in [4.78, 5) is 4.11. The summed E-state index contributed by atoms with van der Waals surface area (Å²) in [6.07, 6.45) is -4.65. The molecule has 1 aromatic heterocycles. The first-order valence-electron chi connectivity index (χ1n) is 7.05. The zero-order valence-corrected chi connectivity index (χ0v) is 13.3. The molecule has 0 aliphatic heterocycles. The van der Waals surface area contributed by atoms with Crippen molar-refractivity contribution in [3.63, 3.8) is 0 Å². The van der Waals surface area contributed by atoms with Crippen molar-refractivity contribution < 1.29 is 21.6 Å². The van der Waals surface area contributed by atoms with Crippen molar-refractivity contribution in [1.29, 1.82) is 0 Å². The maximum atomic E-state index is 12.6. The second-order valence-electron chi connectivity index (χ2n) is 5.42. The van der Waals surface area contributed by atoms with Crippen LogP contribution < -0.4 is 4.72 Å². The van der Waals surface area contributed by atoms with Gasteiger partial charge in [-0.1, -0.05) is 24.3 Å². The van der Waals surface area contributed by atoms with Gasteiger partial charge in [-0.3, -0.25) is 0 Å². The third-order valence-electron chi connectivity index (χ3n) is 3.62. The number of rotatable bonds is 3. The highest BCUT2D eigenvalue weighted by molar-refractivity contribution is 7.89. The summed E-state index contributed by atoms with van der Waals surface area (Å²) >= 11 is 0. The van der Waals surface area contributed by atoms with E-state index in [0.29, 0.717) is 16.4 Å². The fraction of sp³-hybridized carbons (Fsp3) is 0.188. The van der Waals surface area contributed by atoms with E-state index in [-0.39, 0.29) is 4.90 Å². The number of nitrogens with one attached hydrogen (secondary N) is 1. The second kappa shape index (κ2) is 5.71. The summed E-state index contributed by atoms with van der Waals surface area (Å²) in [6.45, 7) is 0.754. The molecule has 1 N–H and O–H groups in total. The minimum atomic E-state index is -4.65. The molecule has 0 radical (unpaired) electrons. The average Bonchev–Trinajstić information content (AvgIpc) is 2.51. The molecule has 0 aliphatic carbocycles. The molecule has 3 aromatic rings. The van der Waals surface area contributed by atoms with Crippen LogP contribution in [-0.2, 0) is 10.0 Å². The van der Waals surface area contributed by atoms with Crippen LogP contribution in [0.1, 0.15) is 6.92 Å². The molecule has 0 bridgehead atoms. The third-order valence-corrected chi connectivity index (χ3v) is 5.16. The molecule has 2 aromatic carbocycles. The molecule has 0 amide bonds. The van der Waals surface area contributed by atoms with Gasteiger partial charge in [-0.15, -0.1) is 0 Å². The number of aromatic nitrogens is 1. The quantitative estimate of drug-likeness (QED) is 0.731. The van der Waals surface area contributed by atoms with Crippen LogP contribution in [0.3, 0.4) is 0 Å². The average molecular weight is 354 g/mol. The monoisotopic (exact) mass is 354 g/mol. The van der Waals surface area contributed by atoms with Gasteiger partial charge in [0.15, 0.2) is 0 Å². The van der Waals surface area contributed by atoms with Crippen molar-refractivity contribution in [1.82, 2.24) is 9.71 Å². The van der Waals surface area contributed by atoms with Gasteiger partial charge in [0.1, 0.15) is 6.04 Å². The Balaban J connectivity index is 2.05. The lowest BCUT2D eigenvalue weighted by molar-refractivity contribution is -0.147. The number of para-hydroxylation sites is 1. The maximum Gasteiger partial charge on any atom is 0.404 e. The highest BCUT2D eigenvalue weighted by atomic mass is 32.2. The standard InChI is InChI=1S/C16H13F3N2O2S/c1-10(16(17,18)19)21-24(22,23)13-7-6-12-8-11-4-2-3-5-14(11)20-15(12)9-13/h2-10,21H,1H3/t10-/m0/s1. The van der Waals surface area contributed by atoms with E-state index in [1.54, 1.807) is 16.9 Å². The Morgan fingerprint density at radius 1 is 1.00 bits per heavy atom. The summed E-state index contributed by atoms with van der Waals surface area (Å²) in [6, 6.07) is 11.0. The molecule has 1 atom stereocenters. The molecule has 0 saturated carbocycles. The van der Waals surface area contributed by atoms with E-state index in [1.807, 2.05) is 18.2 Å². The number of nitrogens with zero attached hydrogens (tertiary/aromatic N) is 1. The molecule has 3 rings (SSSR count). The molecule has 0 fully saturated rings. The van der Waals surface area contributed by atoms with Crippen LogP contribution in [0.25, 0.3) is 21.8 Å². The van der Waals surface area contributed by atoms with Crippen molar-refractivity contribution in [3.8, 4) is 0 Å². The van der Waals surface area contributed by atoms with Crippen molar-refractivity contribution in [2.24, 2.45) is 0 Å². The van der Waals surface area contributed by atoms with Gasteiger partial charge < -0.3 is 0 Å². The topological polar surface area (TPSA) is 59.1 Å². The van der Waals surface area contributed by atoms with E-state index >= 15 is 0 Å². The van der Waals surface area contributed by atoms with Crippen LogP contribution in [0, 0.1) is 0 Å². The van der Waals surface area contributed by atoms with Gasteiger partial charge in [-0.25, -0.2) is 13.4 Å². The lowest BCUT2D eigenvalue weighted by Gasteiger charge is -2.17. The van der Waals surface area contributed by atoms with Gasteiger partial charge in [0.05, 0.1) is 15.9 Å². The second-order valence-corrected chi connectivity index (χ2v) is 7.13. The number of benzene rings is 2. The van der Waals surface area contributed by atoms with Gasteiger partial charge in [-0.2, -0.15) is 17.9 Å². The van der Waals surface area contributed by atoms with Crippen LogP contribution in [-0.4, -0.2) is 25.6 Å². The molecular weight excluding hydrogens is 341 g/mol. The predicted molar refractivity (Wildman–Crippen MR) is 85.1 cm³/mol. The van der Waals surface area contributed by atoms with Gasteiger partial charge in [0, 0.05) is 10.8 Å². The molecule has 0 spiro atoms. The van der Waals surface area contributed by atoms with Gasteiger partial charge in [0.2, 0.25) is 10.0 Å². The normalized spacial score (nSPS) is 14.2. The molecule has 8 heteroatoms. The van der Waals surface area contributed by atoms with E-state index in [2.05, 4.69) is 4.98 Å². The van der Waals surface area contributed by atoms with Crippen LogP contribution in [0.15, 0.2) is 53.4 Å². The zero-order chi connectivity index (χ0) is 17.5. The molecule has 24 heavy (non-hydrogen) atoms. The smallest absolute Gasteiger partial charge is 0.248 e. The van der Waals surface area contributed by atoms with E-state index < -0.39 is 22.2 Å². The lowest BCUT2D eigenvalue weighted by Crippen LogP contribution is -2.42. The molecule has 0 unspecified atom stereocenters. The summed E-state index contributed by atoms with van der Waals surface area (Å²) in [5.41, 5.74) is 1.08. The highest BCUT2D eigenvalue weighted by Gasteiger charge is 2.38. The Morgan fingerprint density at radius 3 is 2.38 bits per heavy atom. The Morgan fingerprint density at radius 2 is 1.67 bits per heavy atom. The fourth-order valence-electron chi connectivity index (χ4n) is 2.29. The van der Waals surface area contributed by atoms with Crippen LogP contribution in [0.4, 0.5) is 13.2 Å². The number of sulfonamides is 1. The van der Waals surface area contributed by atoms with Gasteiger partial charge in [-0.05, 0) is 31.2 Å². The first kappa shape index (κ1) is 16.7. The molecule has 4 nitrogen and oxygen atoms in total. The highest BCUT2D eigenvalue weighted by Crippen LogP contribution is 2.24. The summed E-state index contributed by atoms with van der Waals surface area (Å²) < 4.78 is 63.7. The van der Waals surface area contributed by atoms with Crippen LogP contribution in [0.5, 0.6) is 0 Å². The first-order valence-corrected chi connectivity index (χ1v) is 8.54. The SMILES string of the molecule is C[C@H](NS(=O)(=O)c1ccc2cc3ccccc3nc2c1)C(F)(F)F. The van der Waals surface area contributed by atoms with Crippen molar-refractivity contribution in [3.05, 3.63) is 48.5 Å². The van der Waals surface area contributed by atoms with E-state index in [4.69, 9.17) is 0 Å². The number of hydrogen-bond acceptors (Lipinski definition) is 3. The Hall–Kier alpha value is -2.19. The van der Waals surface area contributed by atoms with Crippen molar-refractivity contribution >= 4 is 31.8 Å². The first-order chi connectivity index (χ1) is 11.2. The largest absolute Gasteiger partial charge is 0.404 e. The molecular formula is C16H13F3N2O2S. The Kier molecular flexibility index (Phi) is 3.97. The third kappa shape index (κ3) is 3.20. The molecule has 1 heterocycles. The van der Waals surface area contributed by atoms with E-state index in [9.17, 15) is 21.6 Å². The molecule has 0 saturated heterocycles. The fourth-order valence-corrected chi connectivity index (χ4v) is 3.53. The minimum absolute atomic E-state index is 0.256. The number of pyridine rings is 1. The summed E-state index contributed by atoms with van der Waals surface area (Å²) in [7, 11) is -4.30. The van der Waals surface area contributed by atoms with Crippen LogP contribution >= 0.6 is 0 Å². The zero-order valence-electron chi connectivity index (χ0n) is 12.5. The molecule has 126 valence electrons. The number of halogens is 3. The van der Waals surface area contributed by atoms with Crippen molar-refractivity contribution in [2.45, 2.75) is 24.0 Å². The lowest BCUT2D eigenvalue weighted by atomic mass is 10.1. The number of hydrogen-bond donors (Lipinski definition) is 1. The minimum Gasteiger partial charge on any atom is -0.248 e. The number of alkyl halides is 3.